The molecule has 27 heavy (non-hydrogen) atoms. The van der Waals surface area contributed by atoms with Gasteiger partial charge in [-0.2, -0.15) is 0 Å². The lowest BCUT2D eigenvalue weighted by molar-refractivity contribution is 0.106. The Morgan fingerprint density at radius 3 is 2.04 bits per heavy atom. The van der Waals surface area contributed by atoms with Gasteiger partial charge >= 0.3 is 6.03 Å². The lowest BCUT2D eigenvalue weighted by atomic mass is 9.99. The summed E-state index contributed by atoms with van der Waals surface area (Å²) < 4.78 is 5.54. The van der Waals surface area contributed by atoms with Crippen molar-refractivity contribution >= 4 is 17.4 Å². The van der Waals surface area contributed by atoms with Crippen molar-refractivity contribution in [3.63, 3.8) is 0 Å². The summed E-state index contributed by atoms with van der Waals surface area (Å²) in [5, 5.41) is 6.03. The first-order valence-electron chi connectivity index (χ1n) is 8.90. The number of amides is 2. The largest absolute Gasteiger partial charge is 0.374 e. The first-order chi connectivity index (χ1) is 13.2. The van der Waals surface area contributed by atoms with Crippen molar-refractivity contribution in [2.45, 2.75) is 19.1 Å². The molecule has 0 spiro atoms. The number of thiophene rings is 1. The van der Waals surface area contributed by atoms with E-state index in [1.165, 1.54) is 4.88 Å². The molecule has 3 aromatic rings. The van der Waals surface area contributed by atoms with Crippen LogP contribution in [-0.4, -0.2) is 19.7 Å². The topological polar surface area (TPSA) is 50.4 Å². The highest BCUT2D eigenvalue weighted by Crippen LogP contribution is 2.25. The molecule has 2 amide bonds. The molecule has 4 nitrogen and oxygen atoms in total. The van der Waals surface area contributed by atoms with Gasteiger partial charge in [-0.3, -0.25) is 0 Å². The van der Waals surface area contributed by atoms with Gasteiger partial charge in [-0.1, -0.05) is 60.7 Å². The molecule has 5 heteroatoms. The molecule has 2 aromatic carbocycles. The van der Waals surface area contributed by atoms with Crippen LogP contribution in [0.3, 0.4) is 0 Å². The van der Waals surface area contributed by atoms with Gasteiger partial charge < -0.3 is 15.4 Å². The van der Waals surface area contributed by atoms with E-state index in [1.54, 1.807) is 18.4 Å². The normalized spacial score (nSPS) is 12.0. The summed E-state index contributed by atoms with van der Waals surface area (Å²) >= 11 is 1.68. The smallest absolute Gasteiger partial charge is 0.315 e. The van der Waals surface area contributed by atoms with E-state index in [0.29, 0.717) is 6.54 Å². The number of ether oxygens (including phenoxy) is 1. The van der Waals surface area contributed by atoms with Crippen LogP contribution < -0.4 is 10.6 Å². The quantitative estimate of drug-likeness (QED) is 0.617. The second-order valence-electron chi connectivity index (χ2n) is 6.28. The van der Waals surface area contributed by atoms with Gasteiger partial charge in [-0.15, -0.1) is 11.3 Å². The Bertz CT molecular complexity index is 810. The average Bonchev–Trinajstić information content (AvgIpc) is 3.14. The number of carbonyl (C=O) groups is 1. The van der Waals surface area contributed by atoms with E-state index in [9.17, 15) is 4.79 Å². The zero-order valence-corrected chi connectivity index (χ0v) is 16.3. The van der Waals surface area contributed by atoms with Gasteiger partial charge in [0.1, 0.15) is 6.10 Å². The van der Waals surface area contributed by atoms with E-state index in [0.717, 1.165) is 16.0 Å². The SMILES string of the molecule is CO[C@@H](CNC(=O)NC(c1ccccc1)c1ccccc1)c1ccc(C)s1. The third-order valence-electron chi connectivity index (χ3n) is 4.35. The Kier molecular flexibility index (Phi) is 6.63. The second-order valence-corrected chi connectivity index (χ2v) is 7.60. The van der Waals surface area contributed by atoms with Crippen molar-refractivity contribution in [2.24, 2.45) is 0 Å². The molecule has 0 saturated heterocycles. The van der Waals surface area contributed by atoms with Crippen LogP contribution in [0.25, 0.3) is 0 Å². The number of urea groups is 1. The first-order valence-corrected chi connectivity index (χ1v) is 9.72. The van der Waals surface area contributed by atoms with E-state index in [4.69, 9.17) is 4.74 Å². The number of nitrogens with one attached hydrogen (secondary N) is 2. The van der Waals surface area contributed by atoms with Crippen molar-refractivity contribution in [1.29, 1.82) is 0 Å². The molecule has 140 valence electrons. The highest BCUT2D eigenvalue weighted by atomic mass is 32.1. The maximum atomic E-state index is 12.6. The summed E-state index contributed by atoms with van der Waals surface area (Å²) in [7, 11) is 1.66. The molecular weight excluding hydrogens is 356 g/mol. The molecular formula is C22H24N2O2S. The van der Waals surface area contributed by atoms with Gasteiger partial charge in [-0.25, -0.2) is 4.79 Å². The van der Waals surface area contributed by atoms with Gasteiger partial charge in [0.15, 0.2) is 0 Å². The van der Waals surface area contributed by atoms with Gasteiger partial charge in [0.05, 0.1) is 12.6 Å². The van der Waals surface area contributed by atoms with Gasteiger partial charge in [0.2, 0.25) is 0 Å². The predicted octanol–water partition coefficient (Wildman–Crippen LogP) is 4.83. The minimum absolute atomic E-state index is 0.152. The summed E-state index contributed by atoms with van der Waals surface area (Å²) in [6.07, 6.45) is -0.152. The van der Waals surface area contributed by atoms with Crippen LogP contribution >= 0.6 is 11.3 Å². The zero-order valence-electron chi connectivity index (χ0n) is 15.5. The minimum atomic E-state index is -0.219. The molecule has 1 heterocycles. The van der Waals surface area contributed by atoms with Crippen molar-refractivity contribution in [3.8, 4) is 0 Å². The number of aryl methyl sites for hydroxylation is 1. The van der Waals surface area contributed by atoms with E-state index >= 15 is 0 Å². The Morgan fingerprint density at radius 1 is 0.963 bits per heavy atom. The van der Waals surface area contributed by atoms with Gasteiger partial charge in [0, 0.05) is 16.9 Å². The van der Waals surface area contributed by atoms with E-state index in [2.05, 4.69) is 23.6 Å². The molecule has 1 atom stereocenters. The standard InChI is InChI=1S/C22H24N2O2S/c1-16-13-14-20(27-16)19(26-2)15-23-22(25)24-21(17-9-5-3-6-10-17)18-11-7-4-8-12-18/h3-14,19,21H,15H2,1-2H3,(H2,23,24,25)/t19-/m0/s1. The number of carbonyl (C=O) groups excluding carboxylic acids is 1. The Labute approximate surface area is 164 Å². The number of hydrogen-bond donors (Lipinski definition) is 2. The fourth-order valence-electron chi connectivity index (χ4n) is 2.94. The molecule has 1 aromatic heterocycles. The minimum Gasteiger partial charge on any atom is -0.374 e. The number of rotatable bonds is 7. The first kappa shape index (κ1) is 19.1. The van der Waals surface area contributed by atoms with Crippen molar-refractivity contribution in [3.05, 3.63) is 93.7 Å². The second kappa shape index (κ2) is 9.35. The average molecular weight is 381 g/mol. The third-order valence-corrected chi connectivity index (χ3v) is 5.44. The molecule has 0 aliphatic rings. The van der Waals surface area contributed by atoms with E-state index in [-0.39, 0.29) is 18.2 Å². The van der Waals surface area contributed by atoms with E-state index in [1.807, 2.05) is 66.7 Å². The van der Waals surface area contributed by atoms with Crippen molar-refractivity contribution in [2.75, 3.05) is 13.7 Å². The van der Waals surface area contributed by atoms with Crippen LogP contribution in [-0.2, 0) is 4.74 Å². The van der Waals surface area contributed by atoms with E-state index < -0.39 is 0 Å². The Hall–Kier alpha value is -2.63. The van der Waals surface area contributed by atoms with Crippen LogP contribution in [0.2, 0.25) is 0 Å². The van der Waals surface area contributed by atoms with Gasteiger partial charge in [-0.05, 0) is 30.2 Å². The van der Waals surface area contributed by atoms with Crippen LogP contribution in [0.4, 0.5) is 4.79 Å². The highest BCUT2D eigenvalue weighted by Gasteiger charge is 2.18. The lowest BCUT2D eigenvalue weighted by Gasteiger charge is -2.21. The Balaban J connectivity index is 1.68. The molecule has 0 radical (unpaired) electrons. The van der Waals surface area contributed by atoms with Crippen molar-refractivity contribution in [1.82, 2.24) is 10.6 Å². The summed E-state index contributed by atoms with van der Waals surface area (Å²) in [5.41, 5.74) is 2.08. The molecule has 0 unspecified atom stereocenters. The summed E-state index contributed by atoms with van der Waals surface area (Å²) in [5.74, 6) is 0. The summed E-state index contributed by atoms with van der Waals surface area (Å²) in [6, 6.07) is 23.6. The molecule has 0 fully saturated rings. The summed E-state index contributed by atoms with van der Waals surface area (Å²) in [6.45, 7) is 2.48. The predicted molar refractivity (Wildman–Crippen MR) is 110 cm³/mol. The van der Waals surface area contributed by atoms with Crippen molar-refractivity contribution < 1.29 is 9.53 Å². The third kappa shape index (κ3) is 5.18. The molecule has 0 saturated carbocycles. The van der Waals surface area contributed by atoms with Crippen LogP contribution in [0.15, 0.2) is 72.8 Å². The lowest BCUT2D eigenvalue weighted by Crippen LogP contribution is -2.40. The fraction of sp³-hybridized carbons (Fsp3) is 0.227. The maximum absolute atomic E-state index is 12.6. The van der Waals surface area contributed by atoms with Crippen LogP contribution in [0.1, 0.15) is 33.0 Å². The van der Waals surface area contributed by atoms with Gasteiger partial charge in [0.25, 0.3) is 0 Å². The van der Waals surface area contributed by atoms with Crippen LogP contribution in [0, 0.1) is 6.92 Å². The molecule has 0 bridgehead atoms. The monoisotopic (exact) mass is 380 g/mol. The summed E-state index contributed by atoms with van der Waals surface area (Å²) in [4.78, 5) is 14.9. The number of methoxy groups -OCH3 is 1. The Morgan fingerprint density at radius 2 is 1.56 bits per heavy atom. The molecule has 3 rings (SSSR count). The molecule has 2 N–H and O–H groups in total. The molecule has 0 aliphatic carbocycles. The maximum Gasteiger partial charge on any atom is 0.315 e. The number of hydrogen-bond acceptors (Lipinski definition) is 3. The highest BCUT2D eigenvalue weighted by molar-refractivity contribution is 7.12. The van der Waals surface area contributed by atoms with Crippen LogP contribution in [0.5, 0.6) is 0 Å². The fourth-order valence-corrected chi connectivity index (χ4v) is 3.90. The molecule has 0 aliphatic heterocycles. The zero-order chi connectivity index (χ0) is 19.1. The number of benzene rings is 2.